The van der Waals surface area contributed by atoms with Crippen LogP contribution in [0.25, 0.3) is 12.2 Å². The standard InChI is InChI=1S/C82H142N2.C8H10O2.Ni/c1-4-7-10-13-16-19-22-25-28-31-34-37-38-41-44-47-50-53-56-59-62-65-68-82(84-81-75-71-79(72-76-81)67-64-61-58-55-52-49-46-43-40-36-33-30-27-24-21-18-15-12-9-6-3)77-83-80-73-69-78(70-74-80)66-63-60-57-54-51-48-45-42-39-35-32-29-26-23-20-17-14-11-8-5-2;1-2-6-3-4-7(9)8(10)5-6;/h63-77H,4-62H2,1-3H3;3-5,9-10H,2H2,1H3;/q;;+2/p-2. The first-order valence-electron chi connectivity index (χ1n) is 41.3. The predicted octanol–water partition coefficient (Wildman–Crippen LogP) is 30.2. The monoisotopic (exact) mass is 1350 g/mol. The second-order valence-electron chi connectivity index (χ2n) is 28.4. The van der Waals surface area contributed by atoms with Gasteiger partial charge in [0.25, 0.3) is 0 Å². The van der Waals surface area contributed by atoms with Gasteiger partial charge in [0.1, 0.15) is 0 Å². The molecule has 0 amide bonds. The molecule has 0 aromatic heterocycles. The van der Waals surface area contributed by atoms with Crippen molar-refractivity contribution < 1.29 is 26.7 Å². The van der Waals surface area contributed by atoms with E-state index < -0.39 is 11.5 Å². The summed E-state index contributed by atoms with van der Waals surface area (Å²) < 4.78 is 0. The summed E-state index contributed by atoms with van der Waals surface area (Å²) in [6.07, 6.45) is 99.8. The van der Waals surface area contributed by atoms with E-state index in [0.29, 0.717) is 0 Å². The third-order valence-corrected chi connectivity index (χ3v) is 19.4. The number of hydrogen-bond acceptors (Lipinski definition) is 4. The van der Waals surface area contributed by atoms with E-state index in [9.17, 15) is 10.2 Å². The number of benzene rings is 3. The van der Waals surface area contributed by atoms with Crippen molar-refractivity contribution in [3.63, 3.8) is 0 Å². The van der Waals surface area contributed by atoms with Crippen LogP contribution in [0.3, 0.4) is 0 Å². The van der Waals surface area contributed by atoms with Crippen molar-refractivity contribution in [2.75, 3.05) is 0 Å². The van der Waals surface area contributed by atoms with Crippen molar-refractivity contribution >= 4 is 35.5 Å². The van der Waals surface area contributed by atoms with Gasteiger partial charge >= 0.3 is 16.5 Å². The minimum absolute atomic E-state index is 0. The fourth-order valence-electron chi connectivity index (χ4n) is 13.0. The molecule has 0 atom stereocenters. The molecule has 0 saturated carbocycles. The number of unbranched alkanes of at least 4 members (excludes halogenated alkanes) is 56. The normalized spacial score (nSPS) is 11.9. The van der Waals surface area contributed by atoms with Crippen molar-refractivity contribution in [3.8, 4) is 11.5 Å². The smallest absolute Gasteiger partial charge is 0.873 e. The van der Waals surface area contributed by atoms with Crippen LogP contribution in [0.5, 0.6) is 11.5 Å². The molecule has 0 aliphatic rings. The topological polar surface area (TPSA) is 70.8 Å². The van der Waals surface area contributed by atoms with Gasteiger partial charge in [0.05, 0.1) is 23.3 Å². The molecule has 0 fully saturated rings. The molecule has 0 heterocycles. The zero-order valence-electron chi connectivity index (χ0n) is 62.8. The Labute approximate surface area is 600 Å². The first-order valence-corrected chi connectivity index (χ1v) is 41.3. The molecule has 5 heteroatoms. The summed E-state index contributed by atoms with van der Waals surface area (Å²) in [7, 11) is 0. The summed E-state index contributed by atoms with van der Waals surface area (Å²) in [6.45, 7) is 8.87. The molecular weight excluding hydrogens is 1200 g/mol. The predicted molar refractivity (Wildman–Crippen MR) is 419 cm³/mol. The van der Waals surface area contributed by atoms with E-state index >= 15 is 0 Å². The summed E-state index contributed by atoms with van der Waals surface area (Å²) in [6, 6.07) is 21.9. The van der Waals surface area contributed by atoms with Crippen LogP contribution >= 0.6 is 0 Å². The third kappa shape index (κ3) is 60.0. The molecule has 3 aromatic carbocycles. The first-order chi connectivity index (χ1) is 46.5. The molecule has 0 N–H and O–H groups in total. The molecule has 0 spiro atoms. The molecule has 0 aliphatic carbocycles. The average Bonchev–Trinajstić information content (AvgIpc) is 1.93. The molecule has 0 aliphatic heterocycles. The Balaban J connectivity index is 0.00000373. The van der Waals surface area contributed by atoms with Crippen molar-refractivity contribution in [1.82, 2.24) is 0 Å². The Morgan fingerprint density at radius 1 is 0.295 bits per heavy atom. The van der Waals surface area contributed by atoms with E-state index in [1.165, 1.54) is 396 Å². The maximum absolute atomic E-state index is 10.7. The summed E-state index contributed by atoms with van der Waals surface area (Å²) in [5.41, 5.74) is 6.30. The van der Waals surface area contributed by atoms with Crippen LogP contribution in [-0.2, 0) is 22.9 Å². The fourth-order valence-corrected chi connectivity index (χ4v) is 13.0. The van der Waals surface area contributed by atoms with Gasteiger partial charge in [-0.2, -0.15) is 0 Å². The van der Waals surface area contributed by atoms with Crippen LogP contribution in [-0.4, -0.2) is 11.9 Å². The molecule has 0 bridgehead atoms. The second-order valence-corrected chi connectivity index (χ2v) is 28.4. The Morgan fingerprint density at radius 2 is 0.558 bits per heavy atom. The van der Waals surface area contributed by atoms with E-state index in [2.05, 4.69) is 106 Å². The van der Waals surface area contributed by atoms with Crippen LogP contribution in [0.2, 0.25) is 0 Å². The van der Waals surface area contributed by atoms with E-state index in [-0.39, 0.29) is 16.5 Å². The van der Waals surface area contributed by atoms with E-state index in [0.717, 1.165) is 35.5 Å². The van der Waals surface area contributed by atoms with E-state index in [1.54, 1.807) is 6.07 Å². The molecule has 0 saturated heterocycles. The van der Waals surface area contributed by atoms with Crippen LogP contribution in [0.1, 0.15) is 423 Å². The molecule has 3 aromatic rings. The van der Waals surface area contributed by atoms with Crippen molar-refractivity contribution in [2.45, 2.75) is 413 Å². The van der Waals surface area contributed by atoms with Crippen LogP contribution < -0.4 is 10.2 Å². The molecule has 542 valence electrons. The summed E-state index contributed by atoms with van der Waals surface area (Å²) in [5.74, 6) is -0.823. The van der Waals surface area contributed by atoms with Gasteiger partial charge < -0.3 is 10.2 Å². The minimum Gasteiger partial charge on any atom is -0.873 e. The molecule has 3 rings (SSSR count). The zero-order valence-corrected chi connectivity index (χ0v) is 63.8. The van der Waals surface area contributed by atoms with E-state index in [4.69, 9.17) is 9.98 Å². The van der Waals surface area contributed by atoms with Crippen molar-refractivity contribution in [3.05, 3.63) is 108 Å². The first kappa shape index (κ1) is 89.3. The number of nitrogens with zero attached hydrogens (tertiary/aromatic N) is 2. The largest absolute Gasteiger partial charge is 2.00 e. The molecule has 0 radical (unpaired) electrons. The Bertz CT molecular complexity index is 2210. The maximum Gasteiger partial charge on any atom is 2.00 e. The van der Waals surface area contributed by atoms with E-state index in [1.807, 2.05) is 13.1 Å². The Morgan fingerprint density at radius 3 is 0.832 bits per heavy atom. The van der Waals surface area contributed by atoms with Gasteiger partial charge in [-0.05, 0) is 92.0 Å². The van der Waals surface area contributed by atoms with Crippen molar-refractivity contribution in [1.29, 1.82) is 0 Å². The average molecular weight is 1350 g/mol. The number of aliphatic imine (C=N–C) groups is 2. The van der Waals surface area contributed by atoms with Gasteiger partial charge in [-0.3, -0.25) is 4.99 Å². The summed E-state index contributed by atoms with van der Waals surface area (Å²) in [4.78, 5) is 10.0. The minimum atomic E-state index is -0.419. The molecule has 4 nitrogen and oxygen atoms in total. The quantitative estimate of drug-likeness (QED) is 0.0321. The Hall–Kier alpha value is -3.69. The van der Waals surface area contributed by atoms with Crippen LogP contribution in [0, 0.1) is 0 Å². The van der Waals surface area contributed by atoms with Crippen molar-refractivity contribution in [2.24, 2.45) is 9.98 Å². The van der Waals surface area contributed by atoms with Crippen LogP contribution in [0.4, 0.5) is 11.4 Å². The number of aryl methyl sites for hydroxylation is 1. The zero-order chi connectivity index (χ0) is 67.2. The summed E-state index contributed by atoms with van der Waals surface area (Å²) >= 11 is 0. The van der Waals surface area contributed by atoms with Gasteiger partial charge in [0.15, 0.2) is 0 Å². The molecular formula is C90H150N2NiO2. The SMILES string of the molecule is CCCCCCCCCCCCCCCCCCCCC=Cc1ccc(N=CC(C=CCCCCCCCCCCCCCCCCCCCCCC)=Nc2ccc(C=CCCCCCCCCCCCCCCCCCCCC)cc2)cc1.CCc1ccc([O-])c([O-])c1.[Ni+2]. The fraction of sp³-hybridized carbons (Fsp3) is 0.711. The maximum atomic E-state index is 10.7. The van der Waals surface area contributed by atoms with Gasteiger partial charge in [0.2, 0.25) is 0 Å². The summed E-state index contributed by atoms with van der Waals surface area (Å²) in [5, 5.41) is 21.3. The van der Waals surface area contributed by atoms with Gasteiger partial charge in [-0.1, -0.05) is 441 Å². The van der Waals surface area contributed by atoms with Crippen LogP contribution in [0.15, 0.2) is 101 Å². The number of rotatable bonds is 66. The second kappa shape index (κ2) is 71.6. The van der Waals surface area contributed by atoms with Gasteiger partial charge in [0, 0.05) is 0 Å². The third-order valence-electron chi connectivity index (χ3n) is 19.4. The number of allylic oxidation sites excluding steroid dienone is 4. The van der Waals surface area contributed by atoms with Gasteiger partial charge in [-0.25, -0.2) is 4.99 Å². The molecule has 95 heavy (non-hydrogen) atoms. The number of hydrogen-bond donors (Lipinski definition) is 0. The Kier molecular flexibility index (Phi) is 67.3. The van der Waals surface area contributed by atoms with Gasteiger partial charge in [-0.15, -0.1) is 11.5 Å². The molecule has 0 unspecified atom stereocenters.